The first-order valence-electron chi connectivity index (χ1n) is 13.4. The van der Waals surface area contributed by atoms with Gasteiger partial charge in [0.05, 0.1) is 11.4 Å². The fourth-order valence-electron chi connectivity index (χ4n) is 5.13. The normalized spacial score (nSPS) is 11.8. The van der Waals surface area contributed by atoms with E-state index in [9.17, 15) is 4.79 Å². The summed E-state index contributed by atoms with van der Waals surface area (Å²) in [5, 5.41) is 8.08. The molecule has 1 atom stereocenters. The number of benzene rings is 3. The molecule has 41 heavy (non-hydrogen) atoms. The highest BCUT2D eigenvalue weighted by Gasteiger charge is 2.20. The Hall–Kier alpha value is -5.50. The largest absolute Gasteiger partial charge is 0.373 e. The zero-order valence-electron chi connectivity index (χ0n) is 22.7. The smallest absolute Gasteiger partial charge is 0.263 e. The summed E-state index contributed by atoms with van der Waals surface area (Å²) in [5.41, 5.74) is 11.0. The van der Waals surface area contributed by atoms with Crippen molar-refractivity contribution in [3.63, 3.8) is 0 Å². The standard InChI is InChI=1S/C33H29N7O/c1-21(38-31-27(20-37-33(34)39-31)22-10-5-3-6-11-22)28-18-24-12-9-15-26(23-16-17-36-29(19-23)35-2)30(24)32(41)40(28)25-13-7-4-8-14-25/h3-21H,1-2H3,(H,35,36)(H3,34,37,38,39)/t21-/m0/s1. The lowest BCUT2D eigenvalue weighted by molar-refractivity contribution is 0.773. The summed E-state index contributed by atoms with van der Waals surface area (Å²) in [6.07, 6.45) is 3.46. The van der Waals surface area contributed by atoms with Gasteiger partial charge in [0.1, 0.15) is 11.6 Å². The van der Waals surface area contributed by atoms with Crippen molar-refractivity contribution >= 4 is 28.4 Å². The second-order valence-corrected chi connectivity index (χ2v) is 9.72. The highest BCUT2D eigenvalue weighted by molar-refractivity contribution is 5.97. The molecule has 0 aliphatic heterocycles. The Morgan fingerprint density at radius 3 is 2.34 bits per heavy atom. The van der Waals surface area contributed by atoms with Crippen LogP contribution in [0.2, 0.25) is 0 Å². The zero-order valence-corrected chi connectivity index (χ0v) is 22.7. The maximum atomic E-state index is 14.5. The van der Waals surface area contributed by atoms with Crippen LogP contribution in [0.5, 0.6) is 0 Å². The minimum Gasteiger partial charge on any atom is -0.373 e. The first-order valence-corrected chi connectivity index (χ1v) is 13.4. The third kappa shape index (κ3) is 4.98. The number of anilines is 3. The van der Waals surface area contributed by atoms with Crippen LogP contribution in [0.15, 0.2) is 114 Å². The highest BCUT2D eigenvalue weighted by Crippen LogP contribution is 2.33. The number of nitrogens with zero attached hydrogens (tertiary/aromatic N) is 4. The van der Waals surface area contributed by atoms with Gasteiger partial charge in [-0.3, -0.25) is 9.36 Å². The molecule has 3 aromatic carbocycles. The average Bonchev–Trinajstić information content (AvgIpc) is 3.01. The van der Waals surface area contributed by atoms with Crippen LogP contribution in [-0.4, -0.2) is 26.6 Å². The number of para-hydroxylation sites is 1. The molecular formula is C33H29N7O. The van der Waals surface area contributed by atoms with Crippen molar-refractivity contribution in [2.24, 2.45) is 0 Å². The number of hydrogen-bond donors (Lipinski definition) is 3. The molecule has 0 spiro atoms. The number of rotatable bonds is 7. The van der Waals surface area contributed by atoms with Crippen LogP contribution in [0.25, 0.3) is 38.7 Å². The molecule has 8 heteroatoms. The SMILES string of the molecule is CNc1cc(-c2cccc3cc([C@H](C)Nc4nc(N)ncc4-c4ccccc4)n(-c4ccccc4)c(=O)c23)ccn1. The molecular weight excluding hydrogens is 510 g/mol. The van der Waals surface area contributed by atoms with Crippen LogP contribution < -0.4 is 21.9 Å². The number of hydrogen-bond acceptors (Lipinski definition) is 7. The maximum Gasteiger partial charge on any atom is 0.263 e. The lowest BCUT2D eigenvalue weighted by Gasteiger charge is -2.23. The van der Waals surface area contributed by atoms with Gasteiger partial charge in [-0.15, -0.1) is 0 Å². The Kier molecular flexibility index (Phi) is 6.87. The predicted octanol–water partition coefficient (Wildman–Crippen LogP) is 6.31. The fourth-order valence-corrected chi connectivity index (χ4v) is 5.13. The lowest BCUT2D eigenvalue weighted by Crippen LogP contribution is -2.26. The van der Waals surface area contributed by atoms with Crippen molar-refractivity contribution in [2.45, 2.75) is 13.0 Å². The molecule has 0 saturated carbocycles. The van der Waals surface area contributed by atoms with Crippen LogP contribution in [0, 0.1) is 0 Å². The summed E-state index contributed by atoms with van der Waals surface area (Å²) >= 11 is 0. The molecule has 3 heterocycles. The zero-order chi connectivity index (χ0) is 28.3. The number of fused-ring (bicyclic) bond motifs is 1. The predicted molar refractivity (Wildman–Crippen MR) is 166 cm³/mol. The molecule has 0 unspecified atom stereocenters. The Morgan fingerprint density at radius 1 is 0.829 bits per heavy atom. The number of pyridine rings is 2. The van der Waals surface area contributed by atoms with Gasteiger partial charge in [0.25, 0.3) is 5.56 Å². The van der Waals surface area contributed by atoms with Crippen molar-refractivity contribution in [2.75, 3.05) is 23.4 Å². The topological polar surface area (TPSA) is 111 Å². The van der Waals surface area contributed by atoms with Crippen LogP contribution >= 0.6 is 0 Å². The van der Waals surface area contributed by atoms with Crippen LogP contribution in [0.3, 0.4) is 0 Å². The van der Waals surface area contributed by atoms with Crippen LogP contribution in [-0.2, 0) is 0 Å². The molecule has 0 radical (unpaired) electrons. The third-order valence-corrected chi connectivity index (χ3v) is 7.11. The third-order valence-electron chi connectivity index (χ3n) is 7.11. The fraction of sp³-hybridized carbons (Fsp3) is 0.0909. The van der Waals surface area contributed by atoms with Gasteiger partial charge in [-0.1, -0.05) is 66.7 Å². The van der Waals surface area contributed by atoms with E-state index in [0.717, 1.165) is 44.8 Å². The van der Waals surface area contributed by atoms with E-state index in [1.165, 1.54) is 0 Å². The molecule has 3 aromatic heterocycles. The van der Waals surface area contributed by atoms with E-state index in [4.69, 9.17) is 5.73 Å². The highest BCUT2D eigenvalue weighted by atomic mass is 16.1. The summed E-state index contributed by atoms with van der Waals surface area (Å²) in [7, 11) is 1.83. The summed E-state index contributed by atoms with van der Waals surface area (Å²) in [4.78, 5) is 27.6. The molecule has 0 amide bonds. The van der Waals surface area contributed by atoms with Gasteiger partial charge in [0.2, 0.25) is 5.95 Å². The van der Waals surface area contributed by atoms with Gasteiger partial charge in [0, 0.05) is 36.4 Å². The quantitative estimate of drug-likeness (QED) is 0.218. The second kappa shape index (κ2) is 10.9. The molecule has 0 fully saturated rings. The Balaban J connectivity index is 1.54. The summed E-state index contributed by atoms with van der Waals surface area (Å²) in [5.74, 6) is 1.49. The van der Waals surface area contributed by atoms with Crippen molar-refractivity contribution in [1.29, 1.82) is 0 Å². The van der Waals surface area contributed by atoms with Gasteiger partial charge in [-0.2, -0.15) is 4.98 Å². The molecule has 0 aliphatic rings. The first kappa shape index (κ1) is 25.8. The number of nitrogens with two attached hydrogens (primary N) is 1. The van der Waals surface area contributed by atoms with Gasteiger partial charge in [0.15, 0.2) is 0 Å². The number of nitrogens with one attached hydrogen (secondary N) is 2. The molecule has 6 rings (SSSR count). The minimum atomic E-state index is -0.315. The molecule has 202 valence electrons. The maximum absolute atomic E-state index is 14.5. The van der Waals surface area contributed by atoms with Crippen LogP contribution in [0.4, 0.5) is 17.6 Å². The summed E-state index contributed by atoms with van der Waals surface area (Å²) < 4.78 is 1.77. The minimum absolute atomic E-state index is 0.110. The van der Waals surface area contributed by atoms with E-state index < -0.39 is 0 Å². The molecule has 0 saturated heterocycles. The van der Waals surface area contributed by atoms with Gasteiger partial charge in [-0.05, 0) is 59.3 Å². The summed E-state index contributed by atoms with van der Waals surface area (Å²) in [6.45, 7) is 2.01. The van der Waals surface area contributed by atoms with E-state index >= 15 is 0 Å². The monoisotopic (exact) mass is 539 g/mol. The second-order valence-electron chi connectivity index (χ2n) is 9.72. The molecule has 8 nitrogen and oxygen atoms in total. The Morgan fingerprint density at radius 2 is 1.59 bits per heavy atom. The van der Waals surface area contributed by atoms with Crippen molar-refractivity contribution < 1.29 is 0 Å². The van der Waals surface area contributed by atoms with Crippen molar-refractivity contribution in [3.8, 4) is 27.9 Å². The molecule has 6 aromatic rings. The Labute approximate surface area is 237 Å². The van der Waals surface area contributed by atoms with Crippen molar-refractivity contribution in [3.05, 3.63) is 126 Å². The van der Waals surface area contributed by atoms with E-state index in [0.29, 0.717) is 11.2 Å². The Bertz CT molecular complexity index is 1900. The first-order chi connectivity index (χ1) is 20.0. The van der Waals surface area contributed by atoms with E-state index in [1.54, 1.807) is 17.0 Å². The van der Waals surface area contributed by atoms with E-state index in [-0.39, 0.29) is 17.5 Å². The lowest BCUT2D eigenvalue weighted by atomic mass is 9.98. The van der Waals surface area contributed by atoms with Gasteiger partial charge < -0.3 is 16.4 Å². The van der Waals surface area contributed by atoms with Gasteiger partial charge >= 0.3 is 0 Å². The molecule has 0 bridgehead atoms. The van der Waals surface area contributed by atoms with Crippen LogP contribution in [0.1, 0.15) is 18.7 Å². The number of aromatic nitrogens is 4. The summed E-state index contributed by atoms with van der Waals surface area (Å²) in [6, 6.07) is 31.1. The van der Waals surface area contributed by atoms with E-state index in [2.05, 4.69) is 31.7 Å². The average molecular weight is 540 g/mol. The van der Waals surface area contributed by atoms with E-state index in [1.807, 2.05) is 105 Å². The molecule has 0 aliphatic carbocycles. The number of nitrogen functional groups attached to an aromatic ring is 1. The van der Waals surface area contributed by atoms with Crippen molar-refractivity contribution in [1.82, 2.24) is 19.5 Å². The molecule has 4 N–H and O–H groups in total. The van der Waals surface area contributed by atoms with Gasteiger partial charge in [-0.25, -0.2) is 9.97 Å².